The molecule has 0 aromatic heterocycles. The lowest BCUT2D eigenvalue weighted by molar-refractivity contribution is 0.0698. The minimum absolute atomic E-state index is 0.00933. The summed E-state index contributed by atoms with van der Waals surface area (Å²) in [6, 6.07) is 3.95. The SMILES string of the molecule is COc1ccc(C(=O)O)c(NC(=O)NCC(C)(C)SC)c1. The Morgan fingerprint density at radius 2 is 2.05 bits per heavy atom. The Bertz CT molecular complexity index is 532. The van der Waals surface area contributed by atoms with Crippen LogP contribution in [0, 0.1) is 0 Å². The van der Waals surface area contributed by atoms with Crippen LogP contribution in [0.5, 0.6) is 5.75 Å². The van der Waals surface area contributed by atoms with Crippen molar-refractivity contribution in [2.75, 3.05) is 25.2 Å². The molecule has 0 spiro atoms. The van der Waals surface area contributed by atoms with E-state index in [1.807, 2.05) is 20.1 Å². The number of carboxylic acids is 1. The van der Waals surface area contributed by atoms with E-state index in [0.717, 1.165) is 0 Å². The quantitative estimate of drug-likeness (QED) is 0.751. The summed E-state index contributed by atoms with van der Waals surface area (Å²) in [5, 5.41) is 14.4. The van der Waals surface area contributed by atoms with Crippen LogP contribution in [0.15, 0.2) is 18.2 Å². The van der Waals surface area contributed by atoms with E-state index in [2.05, 4.69) is 10.6 Å². The molecular weight excluding hydrogens is 292 g/mol. The van der Waals surface area contributed by atoms with Gasteiger partial charge in [-0.2, -0.15) is 11.8 Å². The van der Waals surface area contributed by atoms with Crippen LogP contribution >= 0.6 is 11.8 Å². The highest BCUT2D eigenvalue weighted by molar-refractivity contribution is 7.99. The summed E-state index contributed by atoms with van der Waals surface area (Å²) < 4.78 is 4.94. The molecule has 0 saturated carbocycles. The lowest BCUT2D eigenvalue weighted by atomic mass is 10.1. The number of carbonyl (C=O) groups excluding carboxylic acids is 1. The average molecular weight is 312 g/mol. The number of urea groups is 1. The summed E-state index contributed by atoms with van der Waals surface area (Å²) >= 11 is 1.63. The second-order valence-electron chi connectivity index (χ2n) is 4.99. The van der Waals surface area contributed by atoms with Gasteiger partial charge < -0.3 is 20.5 Å². The van der Waals surface area contributed by atoms with Crippen LogP contribution in [-0.2, 0) is 0 Å². The summed E-state index contributed by atoms with van der Waals surface area (Å²) in [4.78, 5) is 23.0. The van der Waals surface area contributed by atoms with Gasteiger partial charge >= 0.3 is 12.0 Å². The fraction of sp³-hybridized carbons (Fsp3) is 0.429. The lowest BCUT2D eigenvalue weighted by Gasteiger charge is -2.22. The van der Waals surface area contributed by atoms with Gasteiger partial charge in [0.1, 0.15) is 5.75 Å². The Kier molecular flexibility index (Phi) is 5.90. The molecule has 2 amide bonds. The van der Waals surface area contributed by atoms with Crippen molar-refractivity contribution in [1.82, 2.24) is 5.32 Å². The first-order valence-corrected chi connectivity index (χ1v) is 7.53. The van der Waals surface area contributed by atoms with Crippen molar-refractivity contribution in [2.45, 2.75) is 18.6 Å². The second-order valence-corrected chi connectivity index (χ2v) is 6.50. The van der Waals surface area contributed by atoms with Crippen LogP contribution in [0.25, 0.3) is 0 Å². The van der Waals surface area contributed by atoms with Crippen LogP contribution in [0.3, 0.4) is 0 Å². The van der Waals surface area contributed by atoms with Gasteiger partial charge in [0, 0.05) is 17.4 Å². The zero-order chi connectivity index (χ0) is 16.0. The third-order valence-corrected chi connectivity index (χ3v) is 4.18. The van der Waals surface area contributed by atoms with E-state index in [4.69, 9.17) is 9.84 Å². The maximum Gasteiger partial charge on any atom is 0.337 e. The molecule has 1 rings (SSSR count). The normalized spacial score (nSPS) is 10.9. The Morgan fingerprint density at radius 1 is 1.38 bits per heavy atom. The van der Waals surface area contributed by atoms with Gasteiger partial charge in [-0.3, -0.25) is 0 Å². The zero-order valence-electron chi connectivity index (χ0n) is 12.5. The molecule has 7 heteroatoms. The monoisotopic (exact) mass is 312 g/mol. The highest BCUT2D eigenvalue weighted by Crippen LogP contribution is 2.23. The number of benzene rings is 1. The van der Waals surface area contributed by atoms with Crippen molar-refractivity contribution in [2.24, 2.45) is 0 Å². The maximum absolute atomic E-state index is 11.9. The minimum atomic E-state index is -1.11. The third kappa shape index (κ3) is 5.18. The molecule has 21 heavy (non-hydrogen) atoms. The third-order valence-electron chi connectivity index (χ3n) is 2.93. The van der Waals surface area contributed by atoms with Gasteiger partial charge in [0.15, 0.2) is 0 Å². The van der Waals surface area contributed by atoms with Crippen molar-refractivity contribution in [1.29, 1.82) is 0 Å². The number of amides is 2. The standard InChI is InChI=1S/C14H20N2O4S/c1-14(2,21-4)8-15-13(19)16-11-7-9(20-3)5-6-10(11)12(17)18/h5-7H,8H2,1-4H3,(H,17,18)(H2,15,16,19). The second kappa shape index (κ2) is 7.21. The summed E-state index contributed by atoms with van der Waals surface area (Å²) in [6.07, 6.45) is 1.96. The van der Waals surface area contributed by atoms with E-state index in [9.17, 15) is 9.59 Å². The highest BCUT2D eigenvalue weighted by Gasteiger charge is 2.18. The van der Waals surface area contributed by atoms with Gasteiger partial charge in [-0.05, 0) is 32.2 Å². The molecule has 6 nitrogen and oxygen atoms in total. The Labute approximate surface area is 128 Å². The van der Waals surface area contributed by atoms with Crippen LogP contribution in [-0.4, -0.2) is 41.8 Å². The predicted octanol–water partition coefficient (Wildman–Crippen LogP) is 2.66. The number of aromatic carboxylic acids is 1. The molecule has 0 aliphatic rings. The molecule has 0 heterocycles. The molecule has 0 aliphatic carbocycles. The van der Waals surface area contributed by atoms with Crippen LogP contribution < -0.4 is 15.4 Å². The number of carboxylic acid groups (broad SMARTS) is 1. The Morgan fingerprint density at radius 3 is 2.57 bits per heavy atom. The summed E-state index contributed by atoms with van der Waals surface area (Å²) in [6.45, 7) is 4.48. The van der Waals surface area contributed by atoms with Crippen LogP contribution in [0.4, 0.5) is 10.5 Å². The maximum atomic E-state index is 11.9. The number of carbonyl (C=O) groups is 2. The van der Waals surface area contributed by atoms with Crippen molar-refractivity contribution < 1.29 is 19.4 Å². The Balaban J connectivity index is 2.81. The number of thioether (sulfide) groups is 1. The molecule has 1 aromatic carbocycles. The largest absolute Gasteiger partial charge is 0.497 e. The fourth-order valence-corrected chi connectivity index (χ4v) is 1.69. The number of hydrogen-bond donors (Lipinski definition) is 3. The molecule has 0 aliphatic heterocycles. The Hall–Kier alpha value is -1.89. The summed E-state index contributed by atoms with van der Waals surface area (Å²) in [5.41, 5.74) is 0.205. The van der Waals surface area contributed by atoms with Gasteiger partial charge in [0.2, 0.25) is 0 Å². The summed E-state index contributed by atoms with van der Waals surface area (Å²) in [7, 11) is 1.47. The number of ether oxygens (including phenoxy) is 1. The molecule has 3 N–H and O–H groups in total. The zero-order valence-corrected chi connectivity index (χ0v) is 13.3. The van der Waals surface area contributed by atoms with Crippen molar-refractivity contribution in [3.8, 4) is 5.75 Å². The van der Waals surface area contributed by atoms with Gasteiger partial charge in [-0.25, -0.2) is 9.59 Å². The van der Waals surface area contributed by atoms with E-state index >= 15 is 0 Å². The van der Waals surface area contributed by atoms with E-state index in [1.165, 1.54) is 25.3 Å². The van der Waals surface area contributed by atoms with Gasteiger partial charge in [-0.1, -0.05) is 0 Å². The molecule has 0 radical (unpaired) electrons. The fourth-order valence-electron chi connectivity index (χ4n) is 1.47. The van der Waals surface area contributed by atoms with Crippen LogP contribution in [0.2, 0.25) is 0 Å². The average Bonchev–Trinajstić information content (AvgIpc) is 2.45. The number of rotatable bonds is 6. The first kappa shape index (κ1) is 17.2. The minimum Gasteiger partial charge on any atom is -0.497 e. The van der Waals surface area contributed by atoms with Crippen molar-refractivity contribution in [3.05, 3.63) is 23.8 Å². The topological polar surface area (TPSA) is 87.7 Å². The lowest BCUT2D eigenvalue weighted by Crippen LogP contribution is -2.38. The van der Waals surface area contributed by atoms with E-state index in [-0.39, 0.29) is 16.0 Å². The molecular formula is C14H20N2O4S. The van der Waals surface area contributed by atoms with Gasteiger partial charge in [0.25, 0.3) is 0 Å². The number of methoxy groups -OCH3 is 1. The smallest absolute Gasteiger partial charge is 0.337 e. The van der Waals surface area contributed by atoms with Crippen molar-refractivity contribution in [3.63, 3.8) is 0 Å². The highest BCUT2D eigenvalue weighted by atomic mass is 32.2. The van der Waals surface area contributed by atoms with E-state index < -0.39 is 12.0 Å². The van der Waals surface area contributed by atoms with E-state index in [0.29, 0.717) is 12.3 Å². The van der Waals surface area contributed by atoms with Gasteiger partial charge in [0.05, 0.1) is 18.4 Å². The number of anilines is 1. The predicted molar refractivity (Wildman–Crippen MR) is 84.6 cm³/mol. The van der Waals surface area contributed by atoms with Gasteiger partial charge in [-0.15, -0.1) is 0 Å². The number of hydrogen-bond acceptors (Lipinski definition) is 4. The first-order chi connectivity index (χ1) is 9.79. The molecule has 0 atom stereocenters. The molecule has 0 saturated heterocycles. The first-order valence-electron chi connectivity index (χ1n) is 6.30. The van der Waals surface area contributed by atoms with Crippen LogP contribution in [0.1, 0.15) is 24.2 Å². The molecule has 1 aromatic rings. The molecule has 0 fully saturated rings. The molecule has 116 valence electrons. The van der Waals surface area contributed by atoms with E-state index in [1.54, 1.807) is 11.8 Å². The van der Waals surface area contributed by atoms with Crippen molar-refractivity contribution >= 4 is 29.4 Å². The molecule has 0 bridgehead atoms. The molecule has 0 unspecified atom stereocenters. The number of nitrogens with one attached hydrogen (secondary N) is 2. The summed E-state index contributed by atoms with van der Waals surface area (Å²) in [5.74, 6) is -0.642.